The average Bonchev–Trinajstić information content (AvgIpc) is 3.82. The number of thioether (sulfide) groups is 2. The van der Waals surface area contributed by atoms with Crippen LogP contribution in [0.25, 0.3) is 10.9 Å². The monoisotopic (exact) mass is 890 g/mol. The first-order valence-corrected chi connectivity index (χ1v) is 20.8. The van der Waals surface area contributed by atoms with Gasteiger partial charge in [-0.25, -0.2) is 18.9 Å². The molecule has 0 spiro atoms. The molecule has 308 valence electrons. The number of β-lactam (4-membered cyclic amide) rings is 1. The van der Waals surface area contributed by atoms with Crippen molar-refractivity contribution in [3.63, 3.8) is 0 Å². The number of pyridine rings is 1. The number of carboxylic acid groups (broad SMARTS) is 2. The zero-order valence-electron chi connectivity index (χ0n) is 31.8. The number of aromatic nitrogens is 6. The number of thiazole rings is 1. The summed E-state index contributed by atoms with van der Waals surface area (Å²) in [4.78, 5) is 89.9. The number of carbonyl (C=O) groups is 5. The zero-order valence-corrected chi connectivity index (χ0v) is 36.2. The molecular formula is C34H32FN12NaO9S3. The Labute approximate surface area is 372 Å². The molecule has 6 heterocycles. The van der Waals surface area contributed by atoms with Gasteiger partial charge in [0.25, 0.3) is 11.8 Å². The summed E-state index contributed by atoms with van der Waals surface area (Å²) in [5.74, 6) is -5.17. The number of anilines is 2. The van der Waals surface area contributed by atoms with Crippen LogP contribution in [0, 0.1) is 5.82 Å². The third-order valence-electron chi connectivity index (χ3n) is 10.1. The molecule has 2 saturated heterocycles. The Kier molecular flexibility index (Phi) is 12.5. The first kappa shape index (κ1) is 43.0. The number of aromatic carboxylic acids is 1. The second-order valence-corrected chi connectivity index (χ2v) is 16.6. The Bertz CT molecular complexity index is 2550. The minimum Gasteiger partial charge on any atom is -0.543 e. The van der Waals surface area contributed by atoms with Crippen LogP contribution in [-0.4, -0.2) is 136 Å². The Morgan fingerprint density at radius 3 is 2.57 bits per heavy atom. The number of oxime groups is 1. The van der Waals surface area contributed by atoms with Gasteiger partial charge in [-0.05, 0) is 41.0 Å². The van der Waals surface area contributed by atoms with E-state index in [9.17, 15) is 39.0 Å². The van der Waals surface area contributed by atoms with Crippen LogP contribution in [0.4, 0.5) is 15.2 Å². The minimum absolute atomic E-state index is 0. The second-order valence-electron chi connectivity index (χ2n) is 13.7. The van der Waals surface area contributed by atoms with Crippen molar-refractivity contribution in [3.8, 4) is 0 Å². The van der Waals surface area contributed by atoms with E-state index in [1.54, 1.807) is 20.4 Å². The van der Waals surface area contributed by atoms with Crippen LogP contribution in [0.15, 0.2) is 50.1 Å². The van der Waals surface area contributed by atoms with E-state index in [0.29, 0.717) is 11.1 Å². The van der Waals surface area contributed by atoms with Crippen LogP contribution in [0.3, 0.4) is 0 Å². The molecule has 4 N–H and O–H groups in total. The number of nitrogens with one attached hydrogen (secondary N) is 1. The molecule has 3 fully saturated rings. The number of tetrazole rings is 1. The van der Waals surface area contributed by atoms with Crippen LogP contribution in [0.1, 0.15) is 34.9 Å². The molecule has 60 heavy (non-hydrogen) atoms. The number of carboxylic acids is 2. The summed E-state index contributed by atoms with van der Waals surface area (Å²) in [6.07, 6.45) is 2.95. The van der Waals surface area contributed by atoms with E-state index in [1.165, 1.54) is 35.1 Å². The van der Waals surface area contributed by atoms with Crippen LogP contribution < -0.4 is 56.0 Å². The van der Waals surface area contributed by atoms with E-state index in [2.05, 4.69) is 31.0 Å². The molecule has 0 radical (unpaired) electrons. The molecule has 2 atom stereocenters. The quantitative estimate of drug-likeness (QED) is 0.0380. The third kappa shape index (κ3) is 8.20. The van der Waals surface area contributed by atoms with Gasteiger partial charge in [-0.1, -0.05) is 16.9 Å². The Morgan fingerprint density at radius 2 is 1.92 bits per heavy atom. The van der Waals surface area contributed by atoms with Crippen molar-refractivity contribution in [2.24, 2.45) is 5.16 Å². The van der Waals surface area contributed by atoms with E-state index in [4.69, 9.17) is 10.6 Å². The van der Waals surface area contributed by atoms with Gasteiger partial charge in [-0.15, -0.1) is 28.2 Å². The third-order valence-corrected chi connectivity index (χ3v) is 13.2. The number of nitrogens with two attached hydrogens (primary N) is 1. The summed E-state index contributed by atoms with van der Waals surface area (Å²) >= 11 is 3.38. The molecule has 3 aliphatic heterocycles. The fourth-order valence-corrected chi connectivity index (χ4v) is 9.98. The van der Waals surface area contributed by atoms with Gasteiger partial charge in [0.1, 0.15) is 42.1 Å². The molecule has 3 aromatic heterocycles. The van der Waals surface area contributed by atoms with Crippen molar-refractivity contribution < 1.29 is 73.0 Å². The number of fused-ring (bicyclic) bond motifs is 2. The smallest absolute Gasteiger partial charge is 0.543 e. The minimum atomic E-state index is -1.58. The maximum absolute atomic E-state index is 15.5. The molecule has 8 rings (SSSR count). The maximum atomic E-state index is 15.5. The number of amides is 3. The van der Waals surface area contributed by atoms with Gasteiger partial charge in [0.2, 0.25) is 16.5 Å². The van der Waals surface area contributed by atoms with Crippen molar-refractivity contribution in [2.45, 2.75) is 42.0 Å². The predicted molar refractivity (Wildman–Crippen MR) is 208 cm³/mol. The van der Waals surface area contributed by atoms with Gasteiger partial charge in [0.05, 0.1) is 22.9 Å². The predicted octanol–water partition coefficient (Wildman–Crippen LogP) is -3.90. The van der Waals surface area contributed by atoms with Gasteiger partial charge in [-0.3, -0.25) is 24.1 Å². The Morgan fingerprint density at radius 1 is 1.17 bits per heavy atom. The topological polar surface area (TPSA) is 276 Å². The summed E-state index contributed by atoms with van der Waals surface area (Å²) < 4.78 is 18.5. The Balaban J connectivity index is 0.00000544. The first-order chi connectivity index (χ1) is 28.3. The SMILES string of the molecule is CON=C(C(=O)NC1C(=O)N2C(C(=O)[O-])=C(CSc3nnnn3CC(=O)N3CCN(c4cc5c(cc4F)c(=O)c(C(=O)O)cn5C4CC4)CC3)CS[C@H]12)c1csc(N)n1.[Na+]. The molecule has 21 nitrogen and oxygen atoms in total. The van der Waals surface area contributed by atoms with Crippen LogP contribution in [0.5, 0.6) is 0 Å². The van der Waals surface area contributed by atoms with Crippen molar-refractivity contribution in [3.05, 3.63) is 62.3 Å². The van der Waals surface area contributed by atoms with Gasteiger partial charge in [-0.2, -0.15) is 0 Å². The van der Waals surface area contributed by atoms with Crippen molar-refractivity contribution in [2.75, 3.05) is 55.4 Å². The fraction of sp³-hybridized carbons (Fsp3) is 0.382. The summed E-state index contributed by atoms with van der Waals surface area (Å²) in [5, 5.41) is 41.0. The van der Waals surface area contributed by atoms with E-state index < -0.39 is 52.0 Å². The van der Waals surface area contributed by atoms with Gasteiger partial charge in [0, 0.05) is 60.7 Å². The number of hydrogen-bond acceptors (Lipinski definition) is 18. The van der Waals surface area contributed by atoms with Crippen LogP contribution in [0.2, 0.25) is 0 Å². The number of halogens is 1. The molecule has 26 heteroatoms. The molecule has 1 aliphatic carbocycles. The maximum Gasteiger partial charge on any atom is 1.00 e. The van der Waals surface area contributed by atoms with Gasteiger partial charge >= 0.3 is 35.5 Å². The van der Waals surface area contributed by atoms with E-state index in [1.807, 2.05) is 0 Å². The standard InChI is InChI=1S/C34H33FN12O9S3.Na/c1-56-40-24(20-14-58-33(36)37-20)28(50)38-25-29(51)47-26(32(54)55)15(12-57-30(25)47)13-59-34-39-41-42-46(34)11-23(48)44-6-4-43(5-7-44)22-9-21-17(8-19(22)35)27(49)18(31(52)53)10-45(21)16-2-3-16;/h8-10,14,16,25,30H,2-7,11-13H2,1H3,(H2,36,37)(H,38,50)(H,52,53)(H,54,55);/q;+1/p-1/t25?,30-;/m1./s1. The van der Waals surface area contributed by atoms with Gasteiger partial charge < -0.3 is 45.3 Å². The molecule has 4 aromatic rings. The van der Waals surface area contributed by atoms with E-state index in [-0.39, 0.29) is 124 Å². The number of aliphatic carboxylic acids is 1. The molecule has 3 amide bonds. The van der Waals surface area contributed by atoms with E-state index >= 15 is 4.39 Å². The fourth-order valence-electron chi connectivity index (χ4n) is 7.07. The normalized spacial score (nSPS) is 19.1. The van der Waals surface area contributed by atoms with Crippen LogP contribution in [-0.2, 0) is 30.6 Å². The molecule has 1 saturated carbocycles. The number of benzene rings is 1. The number of nitrogens with zero attached hydrogens (tertiary/aromatic N) is 10. The number of rotatable bonds is 13. The largest absolute Gasteiger partial charge is 1.00 e. The second kappa shape index (κ2) is 17.5. The summed E-state index contributed by atoms with van der Waals surface area (Å²) in [5.41, 5.74) is 5.16. The molecule has 1 unspecified atom stereocenters. The zero-order chi connectivity index (χ0) is 41.7. The number of piperazine rings is 1. The number of hydrogen-bond donors (Lipinski definition) is 3. The summed E-state index contributed by atoms with van der Waals surface area (Å²) in [7, 11) is 1.24. The van der Waals surface area contributed by atoms with Crippen molar-refractivity contribution >= 4 is 92.0 Å². The summed E-state index contributed by atoms with van der Waals surface area (Å²) in [6.45, 7) is 0.775. The van der Waals surface area contributed by atoms with Gasteiger partial charge in [0.15, 0.2) is 10.8 Å². The van der Waals surface area contributed by atoms with Crippen LogP contribution >= 0.6 is 34.9 Å². The number of carbonyl (C=O) groups excluding carboxylic acids is 4. The molecule has 1 aromatic carbocycles. The average molecular weight is 891 g/mol. The summed E-state index contributed by atoms with van der Waals surface area (Å²) in [6, 6.07) is 1.60. The molecule has 4 aliphatic rings. The molecule has 0 bridgehead atoms. The van der Waals surface area contributed by atoms with Crippen molar-refractivity contribution in [1.82, 2.24) is 44.9 Å². The van der Waals surface area contributed by atoms with E-state index in [0.717, 1.165) is 46.9 Å². The number of nitrogen functional groups attached to an aromatic ring is 1. The first-order valence-electron chi connectivity index (χ1n) is 17.9. The van der Waals surface area contributed by atoms with Crippen molar-refractivity contribution in [1.29, 1.82) is 0 Å². The molecular weight excluding hydrogens is 859 g/mol. The Hall–Kier alpha value is -5.08.